The monoisotopic (exact) mass is 307 g/mol. The minimum atomic E-state index is -0.338. The minimum Gasteiger partial charge on any atom is -0.370 e. The zero-order valence-electron chi connectivity index (χ0n) is 12.5. The summed E-state index contributed by atoms with van der Waals surface area (Å²) in [6.07, 6.45) is 1.52. The lowest BCUT2D eigenvalue weighted by molar-refractivity contribution is 0.627. The molecule has 0 radical (unpaired) electrons. The van der Waals surface area contributed by atoms with Crippen LogP contribution in [0, 0.1) is 19.7 Å². The maximum Gasteiger partial charge on any atom is 0.135 e. The minimum absolute atomic E-state index is 0.338. The number of rotatable bonds is 5. The summed E-state index contributed by atoms with van der Waals surface area (Å²) in [5, 5.41) is 3.71. The van der Waals surface area contributed by atoms with Crippen LogP contribution in [0.1, 0.15) is 36.0 Å². The van der Waals surface area contributed by atoms with Gasteiger partial charge in [0.05, 0.1) is 0 Å². The molecule has 1 aromatic heterocycles. The first-order chi connectivity index (χ1) is 10.0. The van der Waals surface area contributed by atoms with Gasteiger partial charge in [0.1, 0.15) is 17.5 Å². The molecule has 0 aliphatic carbocycles. The molecule has 0 saturated heterocycles. The van der Waals surface area contributed by atoms with Gasteiger partial charge in [-0.1, -0.05) is 24.6 Å². The second kappa shape index (κ2) is 6.85. The molecular formula is C16H19ClFN3. The molecule has 0 bridgehead atoms. The van der Waals surface area contributed by atoms with Crippen molar-refractivity contribution in [3.05, 3.63) is 51.7 Å². The van der Waals surface area contributed by atoms with E-state index < -0.39 is 0 Å². The second-order valence-electron chi connectivity index (χ2n) is 5.04. The predicted molar refractivity (Wildman–Crippen MR) is 84.5 cm³/mol. The Morgan fingerprint density at radius 1 is 1.24 bits per heavy atom. The molecule has 0 aliphatic rings. The van der Waals surface area contributed by atoms with Crippen molar-refractivity contribution in [2.24, 2.45) is 0 Å². The summed E-state index contributed by atoms with van der Waals surface area (Å²) in [4.78, 5) is 9.05. The molecule has 0 fully saturated rings. The number of aromatic nitrogens is 2. The number of nitrogens with one attached hydrogen (secondary N) is 1. The lowest BCUT2D eigenvalue weighted by atomic mass is 10.1. The van der Waals surface area contributed by atoms with E-state index in [0.717, 1.165) is 35.6 Å². The molecule has 2 aromatic rings. The van der Waals surface area contributed by atoms with Crippen molar-refractivity contribution < 1.29 is 4.39 Å². The lowest BCUT2D eigenvalue weighted by Gasteiger charge is -2.12. The Morgan fingerprint density at radius 3 is 2.67 bits per heavy atom. The van der Waals surface area contributed by atoms with Crippen LogP contribution in [0.5, 0.6) is 0 Å². The SMILES string of the molecule is CCCNc1nc(Cc2ccc(F)cc2Cl)nc(C)c1C. The third-order valence-electron chi connectivity index (χ3n) is 3.34. The van der Waals surface area contributed by atoms with Gasteiger partial charge in [-0.3, -0.25) is 0 Å². The Bertz CT molecular complexity index is 644. The van der Waals surface area contributed by atoms with Crippen molar-refractivity contribution >= 4 is 17.4 Å². The number of hydrogen-bond donors (Lipinski definition) is 1. The van der Waals surface area contributed by atoms with Gasteiger partial charge in [-0.15, -0.1) is 0 Å². The maximum atomic E-state index is 13.1. The van der Waals surface area contributed by atoms with Gasteiger partial charge in [-0.2, -0.15) is 0 Å². The van der Waals surface area contributed by atoms with Crippen molar-refractivity contribution in [3.8, 4) is 0 Å². The van der Waals surface area contributed by atoms with Gasteiger partial charge in [0.15, 0.2) is 0 Å². The predicted octanol–water partition coefficient (Wildman–Crippen LogP) is 4.30. The molecule has 0 amide bonds. The zero-order chi connectivity index (χ0) is 15.4. The third-order valence-corrected chi connectivity index (χ3v) is 3.69. The molecule has 0 saturated carbocycles. The molecule has 2 rings (SSSR count). The Hall–Kier alpha value is -1.68. The third kappa shape index (κ3) is 3.91. The summed E-state index contributed by atoms with van der Waals surface area (Å²) in [6.45, 7) is 6.94. The zero-order valence-corrected chi connectivity index (χ0v) is 13.3. The van der Waals surface area contributed by atoms with Crippen LogP contribution >= 0.6 is 11.6 Å². The van der Waals surface area contributed by atoms with Gasteiger partial charge in [0.2, 0.25) is 0 Å². The fourth-order valence-corrected chi connectivity index (χ4v) is 2.25. The van der Waals surface area contributed by atoms with Gasteiger partial charge in [-0.25, -0.2) is 14.4 Å². The van der Waals surface area contributed by atoms with Gasteiger partial charge in [0.25, 0.3) is 0 Å². The quantitative estimate of drug-likeness (QED) is 0.895. The molecule has 0 atom stereocenters. The number of anilines is 1. The number of nitrogens with zero attached hydrogens (tertiary/aromatic N) is 2. The molecule has 1 heterocycles. The van der Waals surface area contributed by atoms with Gasteiger partial charge in [0, 0.05) is 29.2 Å². The van der Waals surface area contributed by atoms with Crippen LogP contribution in [0.3, 0.4) is 0 Å². The van der Waals surface area contributed by atoms with Crippen LogP contribution < -0.4 is 5.32 Å². The summed E-state index contributed by atoms with van der Waals surface area (Å²) in [7, 11) is 0. The van der Waals surface area contributed by atoms with E-state index in [0.29, 0.717) is 17.3 Å². The maximum absolute atomic E-state index is 13.1. The van der Waals surface area contributed by atoms with E-state index in [9.17, 15) is 4.39 Å². The van der Waals surface area contributed by atoms with Crippen LogP contribution in [0.2, 0.25) is 5.02 Å². The van der Waals surface area contributed by atoms with E-state index in [2.05, 4.69) is 22.2 Å². The first-order valence-corrected chi connectivity index (χ1v) is 7.41. The standard InChI is InChI=1S/C16H19ClFN3/c1-4-7-19-16-10(2)11(3)20-15(21-16)8-12-5-6-13(18)9-14(12)17/h5-6,9H,4,7-8H2,1-3H3,(H,19,20,21). The van der Waals surface area contributed by atoms with Crippen molar-refractivity contribution in [3.63, 3.8) is 0 Å². The van der Waals surface area contributed by atoms with Crippen LogP contribution in [0.4, 0.5) is 10.2 Å². The molecule has 5 heteroatoms. The summed E-state index contributed by atoms with van der Waals surface area (Å²) in [5.74, 6) is 1.21. The van der Waals surface area contributed by atoms with Gasteiger partial charge < -0.3 is 5.32 Å². The van der Waals surface area contributed by atoms with Crippen LogP contribution in [-0.2, 0) is 6.42 Å². The lowest BCUT2D eigenvalue weighted by Crippen LogP contribution is -2.09. The largest absolute Gasteiger partial charge is 0.370 e. The van der Waals surface area contributed by atoms with E-state index in [1.165, 1.54) is 12.1 Å². The summed E-state index contributed by atoms with van der Waals surface area (Å²) >= 11 is 6.06. The Morgan fingerprint density at radius 2 is 2.00 bits per heavy atom. The highest BCUT2D eigenvalue weighted by Crippen LogP contribution is 2.21. The number of hydrogen-bond acceptors (Lipinski definition) is 3. The normalized spacial score (nSPS) is 10.7. The molecular weight excluding hydrogens is 289 g/mol. The number of benzene rings is 1. The topological polar surface area (TPSA) is 37.8 Å². The molecule has 0 spiro atoms. The molecule has 0 unspecified atom stereocenters. The average molecular weight is 308 g/mol. The van der Waals surface area contributed by atoms with E-state index in [1.807, 2.05) is 13.8 Å². The van der Waals surface area contributed by atoms with Crippen molar-refractivity contribution in [2.75, 3.05) is 11.9 Å². The Kier molecular flexibility index (Phi) is 5.12. The second-order valence-corrected chi connectivity index (χ2v) is 5.45. The Balaban J connectivity index is 2.29. The van der Waals surface area contributed by atoms with Crippen molar-refractivity contribution in [1.82, 2.24) is 9.97 Å². The van der Waals surface area contributed by atoms with Crippen LogP contribution in [0.15, 0.2) is 18.2 Å². The number of aryl methyl sites for hydroxylation is 1. The fraction of sp³-hybridized carbons (Fsp3) is 0.375. The first kappa shape index (κ1) is 15.7. The van der Waals surface area contributed by atoms with Gasteiger partial charge in [-0.05, 0) is 38.0 Å². The smallest absolute Gasteiger partial charge is 0.135 e. The molecule has 112 valence electrons. The fourth-order valence-electron chi connectivity index (χ4n) is 2.02. The first-order valence-electron chi connectivity index (χ1n) is 7.03. The van der Waals surface area contributed by atoms with E-state index in [1.54, 1.807) is 6.07 Å². The summed E-state index contributed by atoms with van der Waals surface area (Å²) in [6, 6.07) is 4.39. The van der Waals surface area contributed by atoms with Crippen molar-refractivity contribution in [2.45, 2.75) is 33.6 Å². The molecule has 1 aromatic carbocycles. The molecule has 0 aliphatic heterocycles. The highest BCUT2D eigenvalue weighted by atomic mass is 35.5. The van der Waals surface area contributed by atoms with E-state index in [4.69, 9.17) is 11.6 Å². The number of halogens is 2. The molecule has 21 heavy (non-hydrogen) atoms. The van der Waals surface area contributed by atoms with Crippen LogP contribution in [-0.4, -0.2) is 16.5 Å². The molecule has 1 N–H and O–H groups in total. The van der Waals surface area contributed by atoms with E-state index in [-0.39, 0.29) is 5.82 Å². The van der Waals surface area contributed by atoms with Crippen LogP contribution in [0.25, 0.3) is 0 Å². The Labute approximate surface area is 129 Å². The highest BCUT2D eigenvalue weighted by Gasteiger charge is 2.10. The van der Waals surface area contributed by atoms with E-state index >= 15 is 0 Å². The summed E-state index contributed by atoms with van der Waals surface area (Å²) in [5.41, 5.74) is 2.82. The average Bonchev–Trinajstić information content (AvgIpc) is 2.44. The highest BCUT2D eigenvalue weighted by molar-refractivity contribution is 6.31. The summed E-state index contributed by atoms with van der Waals surface area (Å²) < 4.78 is 13.1. The van der Waals surface area contributed by atoms with Gasteiger partial charge >= 0.3 is 0 Å². The molecule has 3 nitrogen and oxygen atoms in total. The van der Waals surface area contributed by atoms with Crippen molar-refractivity contribution in [1.29, 1.82) is 0 Å².